The zero-order chi connectivity index (χ0) is 10.8. The van der Waals surface area contributed by atoms with Gasteiger partial charge in [-0.1, -0.05) is 72.6 Å². The van der Waals surface area contributed by atoms with Gasteiger partial charge in [-0.3, -0.25) is 0 Å². The lowest BCUT2D eigenvalue weighted by Gasteiger charge is -2.05. The Labute approximate surface area is 91.5 Å². The Morgan fingerprint density at radius 2 is 1.29 bits per heavy atom. The van der Waals surface area contributed by atoms with Crippen LogP contribution in [0.3, 0.4) is 0 Å². The van der Waals surface area contributed by atoms with Gasteiger partial charge < -0.3 is 0 Å². The van der Waals surface area contributed by atoms with E-state index in [-0.39, 0.29) is 0 Å². The second kappa shape index (κ2) is 9.55. The molecule has 0 saturated heterocycles. The Morgan fingerprint density at radius 1 is 0.786 bits per heavy atom. The van der Waals surface area contributed by atoms with Crippen LogP contribution in [0.4, 0.5) is 0 Å². The van der Waals surface area contributed by atoms with Crippen molar-refractivity contribution in [1.29, 1.82) is 0 Å². The lowest BCUT2D eigenvalue weighted by molar-refractivity contribution is 0.510. The molecule has 0 amide bonds. The third-order valence-electron chi connectivity index (χ3n) is 2.71. The highest BCUT2D eigenvalue weighted by Gasteiger charge is 1.96. The molecule has 14 heavy (non-hydrogen) atoms. The molecule has 1 radical (unpaired) electrons. The second-order valence-electron chi connectivity index (χ2n) is 5.26. The molecular formula is C14H29. The van der Waals surface area contributed by atoms with E-state index in [1.165, 1.54) is 51.4 Å². The van der Waals surface area contributed by atoms with E-state index in [1.807, 2.05) is 0 Å². The van der Waals surface area contributed by atoms with Gasteiger partial charge in [0.15, 0.2) is 0 Å². The van der Waals surface area contributed by atoms with Crippen LogP contribution in [0.5, 0.6) is 0 Å². The molecule has 0 heteroatoms. The van der Waals surface area contributed by atoms with E-state index in [1.54, 1.807) is 5.92 Å². The van der Waals surface area contributed by atoms with Gasteiger partial charge in [0.1, 0.15) is 0 Å². The van der Waals surface area contributed by atoms with Gasteiger partial charge in [0.2, 0.25) is 0 Å². The zero-order valence-electron chi connectivity index (χ0n) is 10.7. The van der Waals surface area contributed by atoms with E-state index in [0.29, 0.717) is 0 Å². The molecule has 0 fully saturated rings. The first-order chi connectivity index (χ1) is 6.63. The van der Waals surface area contributed by atoms with Gasteiger partial charge in [-0.25, -0.2) is 0 Å². The van der Waals surface area contributed by atoms with Crippen molar-refractivity contribution in [2.45, 2.75) is 79.1 Å². The van der Waals surface area contributed by atoms with Crippen molar-refractivity contribution in [1.82, 2.24) is 0 Å². The molecule has 0 N–H and O–H groups in total. The molecule has 0 heterocycles. The summed E-state index contributed by atoms with van der Waals surface area (Å²) in [7, 11) is 0. The molecule has 0 unspecified atom stereocenters. The first-order valence-electron chi connectivity index (χ1n) is 6.42. The maximum absolute atomic E-state index is 2.32. The molecule has 0 spiro atoms. The van der Waals surface area contributed by atoms with Gasteiger partial charge in [-0.05, 0) is 18.3 Å². The minimum Gasteiger partial charge on any atom is -0.0628 e. The van der Waals surface area contributed by atoms with Gasteiger partial charge >= 0.3 is 0 Å². The Kier molecular flexibility index (Phi) is 9.55. The van der Waals surface area contributed by atoms with E-state index in [2.05, 4.69) is 27.7 Å². The molecule has 0 aliphatic heterocycles. The average molecular weight is 197 g/mol. The van der Waals surface area contributed by atoms with E-state index in [0.717, 1.165) is 5.92 Å². The summed E-state index contributed by atoms with van der Waals surface area (Å²) in [5.41, 5.74) is 0. The van der Waals surface area contributed by atoms with Gasteiger partial charge in [0.25, 0.3) is 0 Å². The highest BCUT2D eigenvalue weighted by Crippen LogP contribution is 2.14. The third-order valence-corrected chi connectivity index (χ3v) is 2.71. The summed E-state index contributed by atoms with van der Waals surface area (Å²) in [5.74, 6) is 2.48. The number of hydrogen-bond donors (Lipinski definition) is 0. The molecule has 85 valence electrons. The first-order valence-corrected chi connectivity index (χ1v) is 6.42. The van der Waals surface area contributed by atoms with Crippen LogP contribution in [0, 0.1) is 11.8 Å². The molecule has 0 aromatic carbocycles. The predicted octanol–water partition coefficient (Wildman–Crippen LogP) is 5.38. The van der Waals surface area contributed by atoms with Crippen molar-refractivity contribution in [3.63, 3.8) is 0 Å². The Bertz CT molecular complexity index is 88.6. The van der Waals surface area contributed by atoms with Crippen LogP contribution in [0.15, 0.2) is 0 Å². The highest BCUT2D eigenvalue weighted by atomic mass is 14.0. The van der Waals surface area contributed by atoms with Crippen molar-refractivity contribution in [3.8, 4) is 0 Å². The average Bonchev–Trinajstić information content (AvgIpc) is 2.08. The normalized spacial score (nSPS) is 11.6. The van der Waals surface area contributed by atoms with Crippen LogP contribution in [-0.2, 0) is 0 Å². The van der Waals surface area contributed by atoms with Crippen LogP contribution in [0.2, 0.25) is 0 Å². The van der Waals surface area contributed by atoms with E-state index >= 15 is 0 Å². The van der Waals surface area contributed by atoms with Gasteiger partial charge in [0.05, 0.1) is 0 Å². The summed E-state index contributed by atoms with van der Waals surface area (Å²) in [6.45, 7) is 9.12. The third kappa shape index (κ3) is 12.0. The summed E-state index contributed by atoms with van der Waals surface area (Å²) in [4.78, 5) is 0. The topological polar surface area (TPSA) is 0 Å². The molecular weight excluding hydrogens is 168 g/mol. The van der Waals surface area contributed by atoms with Gasteiger partial charge in [0, 0.05) is 0 Å². The maximum atomic E-state index is 2.32. The molecule has 0 rings (SSSR count). The number of hydrogen-bond acceptors (Lipinski definition) is 0. The van der Waals surface area contributed by atoms with Crippen molar-refractivity contribution < 1.29 is 0 Å². The SMILES string of the molecule is C[C](C)CCCCCCCCC(C)C. The van der Waals surface area contributed by atoms with Crippen molar-refractivity contribution in [2.24, 2.45) is 5.92 Å². The summed E-state index contributed by atoms with van der Waals surface area (Å²) >= 11 is 0. The van der Waals surface area contributed by atoms with Crippen LogP contribution >= 0.6 is 0 Å². The number of rotatable bonds is 9. The van der Waals surface area contributed by atoms with Crippen molar-refractivity contribution in [2.75, 3.05) is 0 Å². The summed E-state index contributed by atoms with van der Waals surface area (Å²) in [6.07, 6.45) is 11.4. The lowest BCUT2D eigenvalue weighted by Crippen LogP contribution is -1.88. The van der Waals surface area contributed by atoms with Crippen LogP contribution in [0.25, 0.3) is 0 Å². The Morgan fingerprint density at radius 3 is 1.79 bits per heavy atom. The standard InChI is InChI=1S/C14H29/c1-13(2)11-9-7-5-6-8-10-12-14(3)4/h13H,5-12H2,1-4H3. The Hall–Kier alpha value is 0. The lowest BCUT2D eigenvalue weighted by atomic mass is 10.0. The fourth-order valence-electron chi connectivity index (χ4n) is 1.74. The van der Waals surface area contributed by atoms with E-state index in [4.69, 9.17) is 0 Å². The molecule has 0 atom stereocenters. The summed E-state index contributed by atoms with van der Waals surface area (Å²) in [5, 5.41) is 0. The van der Waals surface area contributed by atoms with Crippen LogP contribution in [-0.4, -0.2) is 0 Å². The minimum atomic E-state index is 0.896. The van der Waals surface area contributed by atoms with Crippen molar-refractivity contribution in [3.05, 3.63) is 5.92 Å². The first kappa shape index (κ1) is 14.0. The predicted molar refractivity (Wildman–Crippen MR) is 66.4 cm³/mol. The smallest absolute Gasteiger partial charge is 0.0303 e. The molecule has 0 nitrogen and oxygen atoms in total. The van der Waals surface area contributed by atoms with E-state index in [9.17, 15) is 0 Å². The largest absolute Gasteiger partial charge is 0.0628 e. The summed E-state index contributed by atoms with van der Waals surface area (Å²) in [6, 6.07) is 0. The van der Waals surface area contributed by atoms with Crippen LogP contribution in [0.1, 0.15) is 79.1 Å². The highest BCUT2D eigenvalue weighted by molar-refractivity contribution is 4.75. The molecule has 0 bridgehead atoms. The minimum absolute atomic E-state index is 0.896. The summed E-state index contributed by atoms with van der Waals surface area (Å²) < 4.78 is 0. The molecule has 0 aromatic heterocycles. The molecule has 0 saturated carbocycles. The molecule has 0 aromatic rings. The fraction of sp³-hybridized carbons (Fsp3) is 0.929. The zero-order valence-corrected chi connectivity index (χ0v) is 10.7. The van der Waals surface area contributed by atoms with Crippen LogP contribution < -0.4 is 0 Å². The maximum Gasteiger partial charge on any atom is -0.0303 e. The quantitative estimate of drug-likeness (QED) is 0.435. The van der Waals surface area contributed by atoms with Crippen molar-refractivity contribution >= 4 is 0 Å². The van der Waals surface area contributed by atoms with E-state index < -0.39 is 0 Å². The monoisotopic (exact) mass is 197 g/mol. The van der Waals surface area contributed by atoms with Gasteiger partial charge in [-0.2, -0.15) is 0 Å². The van der Waals surface area contributed by atoms with Gasteiger partial charge in [-0.15, -0.1) is 0 Å². The molecule has 0 aliphatic carbocycles. The number of unbranched alkanes of at least 4 members (excludes halogenated alkanes) is 5. The second-order valence-corrected chi connectivity index (χ2v) is 5.26. The fourth-order valence-corrected chi connectivity index (χ4v) is 1.74. The Balaban J connectivity index is 2.92. The molecule has 0 aliphatic rings.